The van der Waals surface area contributed by atoms with Crippen LogP contribution < -0.4 is 9.64 Å². The summed E-state index contributed by atoms with van der Waals surface area (Å²) in [7, 11) is 1.52. The van der Waals surface area contributed by atoms with Crippen LogP contribution in [0.4, 0.5) is 5.69 Å². The van der Waals surface area contributed by atoms with E-state index in [1.165, 1.54) is 18.1 Å². The second-order valence-electron chi connectivity index (χ2n) is 7.96. The van der Waals surface area contributed by atoms with Gasteiger partial charge in [-0.2, -0.15) is 0 Å². The summed E-state index contributed by atoms with van der Waals surface area (Å²) in [6.45, 7) is 0. The maximum atomic E-state index is 13.4. The fraction of sp³-hybridized carbons (Fsp3) is 0.0714. The molecule has 2 N–H and O–H groups in total. The van der Waals surface area contributed by atoms with Gasteiger partial charge in [-0.3, -0.25) is 14.5 Å². The molecule has 1 atom stereocenters. The van der Waals surface area contributed by atoms with E-state index in [9.17, 15) is 19.8 Å². The Morgan fingerprint density at radius 2 is 1.59 bits per heavy atom. The number of carbonyl (C=O) groups is 2. The van der Waals surface area contributed by atoms with E-state index in [4.69, 9.17) is 4.74 Å². The van der Waals surface area contributed by atoms with Crippen molar-refractivity contribution < 1.29 is 24.5 Å². The van der Waals surface area contributed by atoms with Crippen molar-refractivity contribution in [2.75, 3.05) is 12.0 Å². The molecule has 1 aliphatic heterocycles. The molecule has 34 heavy (non-hydrogen) atoms. The van der Waals surface area contributed by atoms with Crippen molar-refractivity contribution in [2.24, 2.45) is 0 Å². The molecule has 1 amide bonds. The number of para-hydroxylation sites is 2. The van der Waals surface area contributed by atoms with Crippen LogP contribution in [0.5, 0.6) is 11.5 Å². The number of aliphatic hydroxyl groups is 1. The van der Waals surface area contributed by atoms with Crippen molar-refractivity contribution in [3.8, 4) is 11.5 Å². The van der Waals surface area contributed by atoms with Gasteiger partial charge in [0.1, 0.15) is 17.3 Å². The quantitative estimate of drug-likeness (QED) is 0.254. The molecule has 4 aromatic rings. The van der Waals surface area contributed by atoms with Crippen LogP contribution in [-0.4, -0.2) is 29.0 Å². The number of aliphatic hydroxyl groups excluding tert-OH is 1. The molecule has 0 spiro atoms. The minimum absolute atomic E-state index is 0.0575. The molecular formula is C28H21NO5. The number of fused-ring (bicyclic) bond motifs is 1. The number of hydrogen-bond donors (Lipinski definition) is 2. The minimum Gasteiger partial charge on any atom is -0.507 e. The van der Waals surface area contributed by atoms with Crippen molar-refractivity contribution in [3.63, 3.8) is 0 Å². The highest BCUT2D eigenvalue weighted by molar-refractivity contribution is 6.52. The van der Waals surface area contributed by atoms with E-state index in [0.29, 0.717) is 16.9 Å². The predicted octanol–water partition coefficient (Wildman–Crippen LogP) is 5.18. The van der Waals surface area contributed by atoms with Crippen LogP contribution in [0.15, 0.2) is 96.6 Å². The van der Waals surface area contributed by atoms with Crippen LogP contribution in [0.3, 0.4) is 0 Å². The first-order valence-electron chi connectivity index (χ1n) is 10.7. The lowest BCUT2D eigenvalue weighted by atomic mass is 9.93. The number of phenolic OH excluding ortho intramolecular Hbond substituents is 1. The number of methoxy groups -OCH3 is 1. The van der Waals surface area contributed by atoms with Gasteiger partial charge in [0.05, 0.1) is 24.4 Å². The van der Waals surface area contributed by atoms with Crippen LogP contribution in [-0.2, 0) is 9.59 Å². The summed E-state index contributed by atoms with van der Waals surface area (Å²) in [6.07, 6.45) is 0. The highest BCUT2D eigenvalue weighted by Gasteiger charge is 2.47. The number of anilines is 1. The molecule has 1 unspecified atom stereocenters. The average Bonchev–Trinajstić information content (AvgIpc) is 3.13. The molecule has 6 nitrogen and oxygen atoms in total. The lowest BCUT2D eigenvalue weighted by Crippen LogP contribution is -2.29. The summed E-state index contributed by atoms with van der Waals surface area (Å²) in [5.74, 6) is -1.56. The number of ether oxygens (including phenoxy) is 1. The molecule has 1 aliphatic rings. The van der Waals surface area contributed by atoms with Crippen molar-refractivity contribution >= 4 is 33.9 Å². The molecule has 5 rings (SSSR count). The first-order chi connectivity index (χ1) is 16.5. The summed E-state index contributed by atoms with van der Waals surface area (Å²) in [6, 6.07) is 25.2. The van der Waals surface area contributed by atoms with E-state index in [2.05, 4.69) is 0 Å². The Hall–Kier alpha value is -4.58. The van der Waals surface area contributed by atoms with Gasteiger partial charge in [-0.05, 0) is 40.6 Å². The molecule has 6 heteroatoms. The number of rotatable bonds is 4. The van der Waals surface area contributed by atoms with Gasteiger partial charge in [0.15, 0.2) is 0 Å². The van der Waals surface area contributed by atoms with E-state index in [1.807, 2.05) is 30.3 Å². The number of benzene rings is 4. The largest absolute Gasteiger partial charge is 0.507 e. The van der Waals surface area contributed by atoms with Crippen LogP contribution in [0.1, 0.15) is 17.2 Å². The molecule has 0 bridgehead atoms. The standard InChI is InChI=1S/C28H21NO5/c1-34-19-11-6-10-18(16-19)25-24(26(31)21-13-7-9-17-8-2-3-12-20(17)21)27(32)28(33)29(25)22-14-4-5-15-23(22)30/h2-16,25,30-31H,1H3/b26-24-. The summed E-state index contributed by atoms with van der Waals surface area (Å²) in [5, 5.41) is 23.6. The third kappa shape index (κ3) is 3.36. The fourth-order valence-corrected chi connectivity index (χ4v) is 4.45. The third-order valence-corrected chi connectivity index (χ3v) is 6.04. The van der Waals surface area contributed by atoms with Crippen molar-refractivity contribution in [2.45, 2.75) is 6.04 Å². The van der Waals surface area contributed by atoms with Crippen LogP contribution in [0.25, 0.3) is 16.5 Å². The molecule has 0 radical (unpaired) electrons. The third-order valence-electron chi connectivity index (χ3n) is 6.04. The Bertz CT molecular complexity index is 1470. The maximum absolute atomic E-state index is 13.4. The van der Waals surface area contributed by atoms with Gasteiger partial charge in [-0.25, -0.2) is 0 Å². The number of hydrogen-bond acceptors (Lipinski definition) is 5. The predicted molar refractivity (Wildman–Crippen MR) is 130 cm³/mol. The van der Waals surface area contributed by atoms with Gasteiger partial charge < -0.3 is 14.9 Å². The average molecular weight is 451 g/mol. The van der Waals surface area contributed by atoms with Gasteiger partial charge in [0.2, 0.25) is 0 Å². The summed E-state index contributed by atoms with van der Waals surface area (Å²) < 4.78 is 5.35. The van der Waals surface area contributed by atoms with E-state index in [0.717, 1.165) is 10.8 Å². The zero-order valence-electron chi connectivity index (χ0n) is 18.3. The topological polar surface area (TPSA) is 87.1 Å². The second kappa shape index (κ2) is 8.41. The van der Waals surface area contributed by atoms with Crippen molar-refractivity contribution in [3.05, 3.63) is 108 Å². The highest BCUT2D eigenvalue weighted by Crippen LogP contribution is 2.45. The molecule has 0 aliphatic carbocycles. The Labute approximate surface area is 196 Å². The van der Waals surface area contributed by atoms with Gasteiger partial charge in [0, 0.05) is 5.56 Å². The van der Waals surface area contributed by atoms with Crippen LogP contribution in [0.2, 0.25) is 0 Å². The van der Waals surface area contributed by atoms with Crippen LogP contribution >= 0.6 is 0 Å². The van der Waals surface area contributed by atoms with Gasteiger partial charge in [-0.15, -0.1) is 0 Å². The maximum Gasteiger partial charge on any atom is 0.300 e. The Morgan fingerprint density at radius 1 is 0.882 bits per heavy atom. The molecule has 0 aromatic heterocycles. The van der Waals surface area contributed by atoms with Gasteiger partial charge in [0.25, 0.3) is 11.7 Å². The molecule has 1 fully saturated rings. The minimum atomic E-state index is -0.970. The summed E-state index contributed by atoms with van der Waals surface area (Å²) >= 11 is 0. The first-order valence-corrected chi connectivity index (χ1v) is 10.7. The molecule has 4 aromatic carbocycles. The first kappa shape index (κ1) is 21.3. The number of carbonyl (C=O) groups excluding carboxylic acids is 2. The molecular weight excluding hydrogens is 430 g/mol. The summed E-state index contributed by atoms with van der Waals surface area (Å²) in [5.41, 5.74) is 1.12. The number of aromatic hydroxyl groups is 1. The second-order valence-corrected chi connectivity index (χ2v) is 7.96. The Kier molecular flexibility index (Phi) is 5.26. The van der Waals surface area contributed by atoms with E-state index >= 15 is 0 Å². The van der Waals surface area contributed by atoms with E-state index < -0.39 is 17.7 Å². The number of amides is 1. The van der Waals surface area contributed by atoms with Gasteiger partial charge >= 0.3 is 0 Å². The SMILES string of the molecule is COc1cccc(C2/C(=C(/O)c3cccc4ccccc34)C(=O)C(=O)N2c2ccccc2O)c1. The fourth-order valence-electron chi connectivity index (χ4n) is 4.45. The number of phenols is 1. The molecule has 0 saturated carbocycles. The highest BCUT2D eigenvalue weighted by atomic mass is 16.5. The number of ketones is 1. The lowest BCUT2D eigenvalue weighted by molar-refractivity contribution is -0.132. The Morgan fingerprint density at radius 3 is 2.38 bits per heavy atom. The molecule has 1 saturated heterocycles. The van der Waals surface area contributed by atoms with Crippen LogP contribution in [0, 0.1) is 0 Å². The monoisotopic (exact) mass is 451 g/mol. The number of nitrogens with zero attached hydrogens (tertiary/aromatic N) is 1. The van der Waals surface area contributed by atoms with Crippen molar-refractivity contribution in [1.82, 2.24) is 0 Å². The van der Waals surface area contributed by atoms with E-state index in [-0.39, 0.29) is 22.8 Å². The zero-order valence-corrected chi connectivity index (χ0v) is 18.3. The molecule has 168 valence electrons. The number of Topliss-reactive ketones (excluding diaryl/α,β-unsaturated/α-hetero) is 1. The normalized spacial score (nSPS) is 17.3. The summed E-state index contributed by atoms with van der Waals surface area (Å²) in [4.78, 5) is 27.9. The lowest BCUT2D eigenvalue weighted by Gasteiger charge is -2.26. The van der Waals surface area contributed by atoms with E-state index in [1.54, 1.807) is 54.6 Å². The zero-order chi connectivity index (χ0) is 23.8. The Balaban J connectivity index is 1.80. The van der Waals surface area contributed by atoms with Crippen molar-refractivity contribution in [1.29, 1.82) is 0 Å². The smallest absolute Gasteiger partial charge is 0.300 e. The molecule has 1 heterocycles. The van der Waals surface area contributed by atoms with Gasteiger partial charge in [-0.1, -0.05) is 66.7 Å².